The molecule has 6 heteroatoms. The minimum absolute atomic E-state index is 0.300. The smallest absolute Gasteiger partial charge is 0.266 e. The Hall–Kier alpha value is -3.41. The molecule has 2 amide bonds. The average Bonchev–Trinajstić information content (AvgIpc) is 3.16. The van der Waals surface area contributed by atoms with Gasteiger partial charge in [0.2, 0.25) is 0 Å². The summed E-state index contributed by atoms with van der Waals surface area (Å²) >= 11 is 0. The Morgan fingerprint density at radius 2 is 1.60 bits per heavy atom. The van der Waals surface area contributed by atoms with Crippen LogP contribution < -0.4 is 9.64 Å². The summed E-state index contributed by atoms with van der Waals surface area (Å²) in [5.41, 5.74) is 2.17. The summed E-state index contributed by atoms with van der Waals surface area (Å²) in [6.07, 6.45) is 3.56. The molecule has 1 aliphatic heterocycles. The molecule has 1 aliphatic rings. The Balaban J connectivity index is 1.65. The first-order chi connectivity index (χ1) is 12.1. The summed E-state index contributed by atoms with van der Waals surface area (Å²) < 4.78 is 7.53. The lowest BCUT2D eigenvalue weighted by Crippen LogP contribution is -2.29. The number of rotatable bonds is 4. The van der Waals surface area contributed by atoms with E-state index in [1.54, 1.807) is 59.4 Å². The van der Waals surface area contributed by atoms with Gasteiger partial charge in [0, 0.05) is 18.8 Å². The van der Waals surface area contributed by atoms with E-state index in [9.17, 15) is 9.59 Å². The van der Waals surface area contributed by atoms with Crippen LogP contribution in [0.3, 0.4) is 0 Å². The fourth-order valence-corrected chi connectivity index (χ4v) is 2.88. The van der Waals surface area contributed by atoms with Crippen LogP contribution in [0.15, 0.2) is 60.9 Å². The van der Waals surface area contributed by atoms with Crippen LogP contribution in [0.1, 0.15) is 26.3 Å². The number of amides is 2. The van der Waals surface area contributed by atoms with Gasteiger partial charge in [-0.2, -0.15) is 5.10 Å². The molecular formula is C19H15N3O3. The van der Waals surface area contributed by atoms with Crippen molar-refractivity contribution in [2.24, 2.45) is 7.05 Å². The number of carbonyl (C=O) groups is 2. The number of fused-ring (bicyclic) bond motifs is 1. The zero-order valence-electron chi connectivity index (χ0n) is 13.5. The van der Waals surface area contributed by atoms with Gasteiger partial charge < -0.3 is 4.74 Å². The molecular weight excluding hydrogens is 318 g/mol. The van der Waals surface area contributed by atoms with Crippen LogP contribution in [-0.4, -0.2) is 21.6 Å². The molecule has 124 valence electrons. The number of hydrogen-bond donors (Lipinski definition) is 0. The topological polar surface area (TPSA) is 64.4 Å². The van der Waals surface area contributed by atoms with E-state index in [-0.39, 0.29) is 11.8 Å². The monoisotopic (exact) mass is 333 g/mol. The third kappa shape index (κ3) is 2.57. The number of para-hydroxylation sites is 2. The second-order valence-electron chi connectivity index (χ2n) is 5.77. The average molecular weight is 333 g/mol. The molecule has 25 heavy (non-hydrogen) atoms. The van der Waals surface area contributed by atoms with Crippen LogP contribution in [0.2, 0.25) is 0 Å². The maximum absolute atomic E-state index is 12.7. The van der Waals surface area contributed by atoms with Gasteiger partial charge in [-0.1, -0.05) is 24.3 Å². The molecule has 0 N–H and O–H groups in total. The highest BCUT2D eigenvalue weighted by Gasteiger charge is 2.37. The standard InChI is InChI=1S/C19H15N3O3/c1-21-11-13(10-20-21)12-25-17-9-5-4-8-16(17)22-18(23)14-6-2-3-7-15(14)19(22)24/h2-11H,12H2,1H3. The number of imide groups is 1. The van der Waals surface area contributed by atoms with Gasteiger partial charge in [-0.15, -0.1) is 0 Å². The maximum Gasteiger partial charge on any atom is 0.266 e. The van der Waals surface area contributed by atoms with E-state index in [2.05, 4.69) is 5.10 Å². The van der Waals surface area contributed by atoms with E-state index >= 15 is 0 Å². The highest BCUT2D eigenvalue weighted by atomic mass is 16.5. The van der Waals surface area contributed by atoms with E-state index in [0.29, 0.717) is 29.2 Å². The third-order valence-corrected chi connectivity index (χ3v) is 4.05. The van der Waals surface area contributed by atoms with Gasteiger partial charge in [0.05, 0.1) is 23.0 Å². The van der Waals surface area contributed by atoms with Crippen LogP contribution in [0, 0.1) is 0 Å². The lowest BCUT2D eigenvalue weighted by Gasteiger charge is -2.18. The first-order valence-corrected chi connectivity index (χ1v) is 7.82. The van der Waals surface area contributed by atoms with Gasteiger partial charge in [-0.25, -0.2) is 4.90 Å². The SMILES string of the molecule is Cn1cc(COc2ccccc2N2C(=O)c3ccccc3C2=O)cn1. The summed E-state index contributed by atoms with van der Waals surface area (Å²) in [6, 6.07) is 13.9. The van der Waals surface area contributed by atoms with E-state index in [0.717, 1.165) is 5.56 Å². The van der Waals surface area contributed by atoms with Crippen molar-refractivity contribution in [3.8, 4) is 5.75 Å². The molecule has 1 aromatic heterocycles. The molecule has 0 aliphatic carbocycles. The number of benzene rings is 2. The van der Waals surface area contributed by atoms with Crippen molar-refractivity contribution in [1.29, 1.82) is 0 Å². The largest absolute Gasteiger partial charge is 0.487 e. The second-order valence-corrected chi connectivity index (χ2v) is 5.77. The van der Waals surface area contributed by atoms with Crippen LogP contribution in [0.25, 0.3) is 0 Å². The molecule has 0 bridgehead atoms. The van der Waals surface area contributed by atoms with Gasteiger partial charge in [0.15, 0.2) is 0 Å². The molecule has 2 aromatic carbocycles. The second kappa shape index (κ2) is 5.90. The van der Waals surface area contributed by atoms with Crippen LogP contribution >= 0.6 is 0 Å². The quantitative estimate of drug-likeness (QED) is 0.689. The van der Waals surface area contributed by atoms with Crippen LogP contribution in [0.4, 0.5) is 5.69 Å². The summed E-state index contributed by atoms with van der Waals surface area (Å²) in [7, 11) is 1.83. The van der Waals surface area contributed by atoms with E-state index in [1.165, 1.54) is 4.90 Å². The number of aryl methyl sites for hydroxylation is 1. The Morgan fingerprint density at radius 1 is 0.960 bits per heavy atom. The van der Waals surface area contributed by atoms with Gasteiger partial charge in [-0.05, 0) is 24.3 Å². The molecule has 0 saturated carbocycles. The number of carbonyl (C=O) groups excluding carboxylic acids is 2. The van der Waals surface area contributed by atoms with Crippen molar-refractivity contribution in [3.05, 3.63) is 77.6 Å². The minimum atomic E-state index is -0.335. The van der Waals surface area contributed by atoms with Gasteiger partial charge in [0.25, 0.3) is 11.8 Å². The number of anilines is 1. The number of ether oxygens (including phenoxy) is 1. The Bertz CT molecular complexity index is 942. The number of aromatic nitrogens is 2. The first-order valence-electron chi connectivity index (χ1n) is 7.82. The van der Waals surface area contributed by atoms with E-state index < -0.39 is 0 Å². The molecule has 0 unspecified atom stereocenters. The lowest BCUT2D eigenvalue weighted by atomic mass is 10.1. The molecule has 0 radical (unpaired) electrons. The van der Waals surface area contributed by atoms with Gasteiger partial charge in [-0.3, -0.25) is 14.3 Å². The minimum Gasteiger partial charge on any atom is -0.487 e. The maximum atomic E-state index is 12.7. The Kier molecular flexibility index (Phi) is 3.57. The zero-order chi connectivity index (χ0) is 17.4. The van der Waals surface area contributed by atoms with Crippen LogP contribution in [-0.2, 0) is 13.7 Å². The van der Waals surface area contributed by atoms with Crippen molar-refractivity contribution in [2.45, 2.75) is 6.61 Å². The summed E-state index contributed by atoms with van der Waals surface area (Å²) in [6.45, 7) is 0.300. The highest BCUT2D eigenvalue weighted by molar-refractivity contribution is 6.34. The molecule has 0 saturated heterocycles. The molecule has 4 rings (SSSR count). The Labute approximate surface area is 144 Å². The van der Waals surface area contributed by atoms with Crippen molar-refractivity contribution in [2.75, 3.05) is 4.90 Å². The van der Waals surface area contributed by atoms with Gasteiger partial charge in [0.1, 0.15) is 12.4 Å². The highest BCUT2D eigenvalue weighted by Crippen LogP contribution is 2.35. The molecule has 6 nitrogen and oxygen atoms in total. The first kappa shape index (κ1) is 15.1. The van der Waals surface area contributed by atoms with Crippen LogP contribution in [0.5, 0.6) is 5.75 Å². The third-order valence-electron chi connectivity index (χ3n) is 4.05. The normalized spacial score (nSPS) is 13.2. The van der Waals surface area contributed by atoms with Gasteiger partial charge >= 0.3 is 0 Å². The number of nitrogens with zero attached hydrogens (tertiary/aromatic N) is 3. The lowest BCUT2D eigenvalue weighted by molar-refractivity contribution is 0.0924. The van der Waals surface area contributed by atoms with Crippen molar-refractivity contribution in [1.82, 2.24) is 9.78 Å². The molecule has 0 fully saturated rings. The van der Waals surface area contributed by atoms with E-state index in [1.807, 2.05) is 13.2 Å². The predicted octanol–water partition coefficient (Wildman–Crippen LogP) is 2.80. The van der Waals surface area contributed by atoms with Crippen molar-refractivity contribution < 1.29 is 14.3 Å². The fourth-order valence-electron chi connectivity index (χ4n) is 2.88. The van der Waals surface area contributed by atoms with Crippen molar-refractivity contribution >= 4 is 17.5 Å². The van der Waals surface area contributed by atoms with E-state index in [4.69, 9.17) is 4.74 Å². The summed E-state index contributed by atoms with van der Waals surface area (Å²) in [4.78, 5) is 26.5. The predicted molar refractivity (Wildman–Crippen MR) is 91.6 cm³/mol. The molecule has 0 spiro atoms. The van der Waals surface area contributed by atoms with Crippen molar-refractivity contribution in [3.63, 3.8) is 0 Å². The zero-order valence-corrected chi connectivity index (χ0v) is 13.5. The summed E-state index contributed by atoms with van der Waals surface area (Å²) in [5, 5.41) is 4.10. The summed E-state index contributed by atoms with van der Waals surface area (Å²) in [5.74, 6) is -0.197. The fraction of sp³-hybridized carbons (Fsp3) is 0.105. The number of hydrogen-bond acceptors (Lipinski definition) is 4. The molecule has 0 atom stereocenters. The molecule has 3 aromatic rings. The Morgan fingerprint density at radius 3 is 2.24 bits per heavy atom. The molecule has 2 heterocycles.